The summed E-state index contributed by atoms with van der Waals surface area (Å²) >= 11 is 0. The molecule has 0 saturated heterocycles. The molecule has 0 bridgehead atoms. The van der Waals surface area contributed by atoms with E-state index in [2.05, 4.69) is 86.8 Å². The van der Waals surface area contributed by atoms with Crippen LogP contribution in [-0.2, 0) is 27.9 Å². The van der Waals surface area contributed by atoms with Crippen LogP contribution in [0, 0.1) is 0 Å². The summed E-state index contributed by atoms with van der Waals surface area (Å²) in [5.74, 6) is -0.352. The molecule has 0 aliphatic carbocycles. The molecule has 0 aromatic heterocycles. The molecule has 0 aliphatic heterocycles. The molecule has 0 aromatic carbocycles. The lowest BCUT2D eigenvalue weighted by atomic mass is 10.1. The van der Waals surface area contributed by atoms with Crippen molar-refractivity contribution in [1.82, 2.24) is 0 Å². The van der Waals surface area contributed by atoms with Crippen molar-refractivity contribution in [2.75, 3.05) is 54.1 Å². The first kappa shape index (κ1) is 58.9. The molecule has 2 atom stereocenters. The Morgan fingerprint density at radius 3 is 1.34 bits per heavy atom. The average molecular weight is 876 g/mol. The van der Waals surface area contributed by atoms with Crippen LogP contribution in [0.4, 0.5) is 0 Å². The summed E-state index contributed by atoms with van der Waals surface area (Å²) in [6.07, 6.45) is 57.7. The van der Waals surface area contributed by atoms with Crippen LogP contribution in [0.15, 0.2) is 72.9 Å². The van der Waals surface area contributed by atoms with E-state index in [0.717, 1.165) is 83.5 Å². The lowest BCUT2D eigenvalue weighted by Crippen LogP contribution is -2.37. The fourth-order valence-electron chi connectivity index (χ4n) is 6.38. The Hall–Kier alpha value is -2.06. The fourth-order valence-corrected chi connectivity index (χ4v) is 7.11. The zero-order chi connectivity index (χ0) is 44.8. The van der Waals surface area contributed by atoms with Gasteiger partial charge in [-0.25, -0.2) is 0 Å². The molecular weight excluding hydrogens is 782 g/mol. The number of allylic oxidation sites excluding steroid dienone is 12. The van der Waals surface area contributed by atoms with E-state index in [1.54, 1.807) is 0 Å². The first-order valence-corrected chi connectivity index (χ1v) is 26.1. The van der Waals surface area contributed by atoms with Gasteiger partial charge in [-0.1, -0.05) is 170 Å². The molecule has 61 heavy (non-hydrogen) atoms. The van der Waals surface area contributed by atoms with Crippen LogP contribution in [0.1, 0.15) is 194 Å². The number of quaternary nitrogens is 1. The number of phosphoric acid groups is 1. The van der Waals surface area contributed by atoms with E-state index in [-0.39, 0.29) is 25.8 Å². The van der Waals surface area contributed by atoms with Gasteiger partial charge in [0.25, 0.3) is 7.82 Å². The van der Waals surface area contributed by atoms with E-state index in [4.69, 9.17) is 18.5 Å². The standard InChI is InChI=1S/C52H94NO7P/c1-6-8-10-12-14-16-18-20-22-24-26-28-30-32-34-36-38-40-42-44-47-57-49-51(50-59-61(55,56)58-48-46-53(3,4)5)60-52(54)45-43-41-39-37-35-33-31-29-27-25-23-21-19-17-15-13-11-9-7-2/h14-17,20-23,26-29,51H,6-13,18-19,24-25,30-50H2,1-5H3/b16-14-,17-15-,22-20-,23-21-,28-26-,29-27-/t51-/m1/s1. The molecule has 354 valence electrons. The Bertz CT molecular complexity index is 1200. The number of unbranched alkanes of at least 4 members (excludes halogenated alkanes) is 19. The van der Waals surface area contributed by atoms with Gasteiger partial charge in [0.05, 0.1) is 34.4 Å². The Labute approximate surface area is 376 Å². The van der Waals surface area contributed by atoms with Gasteiger partial charge in [0, 0.05) is 13.0 Å². The number of nitrogens with zero attached hydrogens (tertiary/aromatic N) is 1. The van der Waals surface area contributed by atoms with Gasteiger partial charge in [0.15, 0.2) is 0 Å². The normalized spacial score (nSPS) is 14.3. The highest BCUT2D eigenvalue weighted by Crippen LogP contribution is 2.38. The van der Waals surface area contributed by atoms with Crippen LogP contribution in [-0.4, -0.2) is 70.7 Å². The van der Waals surface area contributed by atoms with Crippen LogP contribution >= 0.6 is 7.82 Å². The van der Waals surface area contributed by atoms with Gasteiger partial charge in [-0.2, -0.15) is 0 Å². The summed E-state index contributed by atoms with van der Waals surface area (Å²) in [7, 11) is 1.33. The van der Waals surface area contributed by atoms with E-state index >= 15 is 0 Å². The summed E-state index contributed by atoms with van der Waals surface area (Å²) in [4.78, 5) is 25.1. The van der Waals surface area contributed by atoms with Crippen molar-refractivity contribution < 1.29 is 37.3 Å². The highest BCUT2D eigenvalue weighted by Gasteiger charge is 2.20. The summed E-state index contributed by atoms with van der Waals surface area (Å²) in [6, 6.07) is 0. The van der Waals surface area contributed by atoms with Crippen molar-refractivity contribution in [3.8, 4) is 0 Å². The highest BCUT2D eigenvalue weighted by molar-refractivity contribution is 7.45. The van der Waals surface area contributed by atoms with Gasteiger partial charge in [0.1, 0.15) is 19.3 Å². The summed E-state index contributed by atoms with van der Waals surface area (Å²) in [5.41, 5.74) is 0. The van der Waals surface area contributed by atoms with Crippen molar-refractivity contribution in [2.24, 2.45) is 0 Å². The number of rotatable bonds is 45. The molecule has 9 heteroatoms. The minimum atomic E-state index is -4.54. The second kappa shape index (κ2) is 44.5. The molecule has 0 N–H and O–H groups in total. The average Bonchev–Trinajstić information content (AvgIpc) is 3.22. The number of likely N-dealkylation sites (N-methyl/N-ethyl adjacent to an activating group) is 1. The first-order chi connectivity index (χ1) is 29.6. The van der Waals surface area contributed by atoms with Gasteiger partial charge < -0.3 is 27.9 Å². The zero-order valence-corrected chi connectivity index (χ0v) is 41.0. The van der Waals surface area contributed by atoms with E-state index in [0.29, 0.717) is 24.1 Å². The summed E-state index contributed by atoms with van der Waals surface area (Å²) in [6.45, 7) is 5.31. The molecule has 0 aliphatic rings. The van der Waals surface area contributed by atoms with Gasteiger partial charge in [-0.05, 0) is 89.9 Å². The molecule has 0 radical (unpaired) electrons. The monoisotopic (exact) mass is 876 g/mol. The summed E-state index contributed by atoms with van der Waals surface area (Å²) in [5, 5.41) is 0. The van der Waals surface area contributed by atoms with Crippen LogP contribution in [0.2, 0.25) is 0 Å². The van der Waals surface area contributed by atoms with Crippen LogP contribution in [0.5, 0.6) is 0 Å². The molecule has 0 heterocycles. The molecule has 0 saturated carbocycles. The molecule has 0 spiro atoms. The van der Waals surface area contributed by atoms with Gasteiger partial charge in [0.2, 0.25) is 0 Å². The number of phosphoric ester groups is 1. The van der Waals surface area contributed by atoms with Crippen molar-refractivity contribution >= 4 is 13.8 Å². The Morgan fingerprint density at radius 2 is 0.902 bits per heavy atom. The third kappa shape index (κ3) is 48.8. The van der Waals surface area contributed by atoms with E-state index in [9.17, 15) is 14.3 Å². The number of carbonyl (C=O) groups is 1. The molecule has 8 nitrogen and oxygen atoms in total. The highest BCUT2D eigenvalue weighted by atomic mass is 31.2. The topological polar surface area (TPSA) is 94.1 Å². The summed E-state index contributed by atoms with van der Waals surface area (Å²) < 4.78 is 34.7. The van der Waals surface area contributed by atoms with Crippen LogP contribution in [0.3, 0.4) is 0 Å². The number of esters is 1. The number of carbonyl (C=O) groups excluding carboxylic acids is 1. The number of ether oxygens (including phenoxy) is 2. The maximum Gasteiger partial charge on any atom is 0.306 e. The Balaban J connectivity index is 4.24. The Kier molecular flexibility index (Phi) is 43.0. The predicted octanol–water partition coefficient (Wildman–Crippen LogP) is 14.4. The quantitative estimate of drug-likeness (QED) is 0.0198. The molecule has 0 rings (SSSR count). The zero-order valence-electron chi connectivity index (χ0n) is 40.1. The third-order valence-corrected chi connectivity index (χ3v) is 11.2. The predicted molar refractivity (Wildman–Crippen MR) is 259 cm³/mol. The SMILES string of the molecule is CCCCC/C=C\C/C=C\C/C=C\CCCCCCCCCOC[C@H](COP(=O)([O-])OCC[N+](C)(C)C)OC(=O)CCCCCCCC/C=C\C/C=C\C/C=C\CCCCC. The van der Waals surface area contributed by atoms with E-state index in [1.807, 2.05) is 21.1 Å². The minimum absolute atomic E-state index is 0.0176. The van der Waals surface area contributed by atoms with Crippen LogP contribution in [0.25, 0.3) is 0 Å². The third-order valence-electron chi connectivity index (χ3n) is 10.2. The molecule has 1 unspecified atom stereocenters. The maximum absolute atomic E-state index is 12.7. The molecular formula is C52H94NO7P. The van der Waals surface area contributed by atoms with Crippen molar-refractivity contribution in [3.63, 3.8) is 0 Å². The second-order valence-electron chi connectivity index (χ2n) is 17.5. The lowest BCUT2D eigenvalue weighted by molar-refractivity contribution is -0.870. The number of hydrogen-bond donors (Lipinski definition) is 0. The molecule has 0 amide bonds. The van der Waals surface area contributed by atoms with E-state index in [1.165, 1.54) is 89.9 Å². The molecule has 0 fully saturated rings. The van der Waals surface area contributed by atoms with Gasteiger partial charge in [-0.15, -0.1) is 0 Å². The maximum atomic E-state index is 12.7. The number of hydrogen-bond acceptors (Lipinski definition) is 7. The first-order valence-electron chi connectivity index (χ1n) is 24.7. The largest absolute Gasteiger partial charge is 0.756 e. The Morgan fingerprint density at radius 1 is 0.508 bits per heavy atom. The van der Waals surface area contributed by atoms with Crippen LogP contribution < -0.4 is 4.89 Å². The lowest BCUT2D eigenvalue weighted by Gasteiger charge is -2.28. The fraction of sp³-hybridized carbons (Fsp3) is 0.750. The molecule has 0 aromatic rings. The van der Waals surface area contributed by atoms with Gasteiger partial charge in [-0.3, -0.25) is 9.36 Å². The second-order valence-corrected chi connectivity index (χ2v) is 18.9. The van der Waals surface area contributed by atoms with Crippen molar-refractivity contribution in [1.29, 1.82) is 0 Å². The van der Waals surface area contributed by atoms with Crippen molar-refractivity contribution in [2.45, 2.75) is 200 Å². The smallest absolute Gasteiger partial charge is 0.306 e. The van der Waals surface area contributed by atoms with Gasteiger partial charge >= 0.3 is 5.97 Å². The minimum Gasteiger partial charge on any atom is -0.756 e. The van der Waals surface area contributed by atoms with E-state index < -0.39 is 13.9 Å². The van der Waals surface area contributed by atoms with Crippen molar-refractivity contribution in [3.05, 3.63) is 72.9 Å².